The van der Waals surface area contributed by atoms with Gasteiger partial charge < -0.3 is 15.5 Å². The van der Waals surface area contributed by atoms with Crippen LogP contribution in [0, 0.1) is 0 Å². The Morgan fingerprint density at radius 2 is 1.08 bits per heavy atom. The first-order chi connectivity index (χ1) is 18.7. The summed E-state index contributed by atoms with van der Waals surface area (Å²) >= 11 is 0. The van der Waals surface area contributed by atoms with Gasteiger partial charge in [0.05, 0.1) is 17.9 Å². The zero-order valence-electron chi connectivity index (χ0n) is 25.1. The number of unbranched alkanes of at least 4 members (excludes halogenated alkanes) is 17. The average molecular weight is 576 g/mol. The van der Waals surface area contributed by atoms with E-state index in [4.69, 9.17) is 0 Å². The van der Waals surface area contributed by atoms with E-state index in [0.29, 0.717) is 25.7 Å². The summed E-state index contributed by atoms with van der Waals surface area (Å²) < 4.78 is 32.2. The minimum absolute atomic E-state index is 0.291. The molecule has 4 N–H and O–H groups in total. The van der Waals surface area contributed by atoms with Crippen molar-refractivity contribution in [3.05, 3.63) is 12.2 Å². The Balaban J connectivity index is 4.11. The minimum atomic E-state index is -4.39. The molecule has 0 spiro atoms. The lowest BCUT2D eigenvalue weighted by Crippen LogP contribution is -2.50. The number of nitrogens with one attached hydrogen (secondary N) is 1. The zero-order chi connectivity index (χ0) is 29.2. The largest absolute Gasteiger partial charge is 0.391 e. The van der Waals surface area contributed by atoms with Crippen molar-refractivity contribution in [1.82, 2.24) is 5.32 Å². The van der Waals surface area contributed by atoms with Crippen LogP contribution < -0.4 is 5.32 Å². The maximum atomic E-state index is 12.5. The maximum absolute atomic E-state index is 12.5. The van der Waals surface area contributed by atoms with Crippen LogP contribution in [0.1, 0.15) is 155 Å². The smallest absolute Gasteiger partial charge is 0.266 e. The van der Waals surface area contributed by atoms with Crippen LogP contribution in [-0.2, 0) is 14.9 Å². The summed E-state index contributed by atoms with van der Waals surface area (Å²) in [5.41, 5.74) is 0. The van der Waals surface area contributed by atoms with E-state index in [2.05, 4.69) is 31.3 Å². The number of aliphatic hydroxyl groups is 2. The number of hydrogen-bond acceptors (Lipinski definition) is 5. The fourth-order valence-corrected chi connectivity index (χ4v) is 5.57. The topological polar surface area (TPSA) is 124 Å². The molecule has 0 radical (unpaired) electrons. The summed E-state index contributed by atoms with van der Waals surface area (Å²) in [5.74, 6) is -1.46. The van der Waals surface area contributed by atoms with Gasteiger partial charge in [-0.3, -0.25) is 9.35 Å². The van der Waals surface area contributed by atoms with Gasteiger partial charge in [-0.25, -0.2) is 0 Å². The van der Waals surface area contributed by atoms with Gasteiger partial charge in [0.1, 0.15) is 6.10 Å². The van der Waals surface area contributed by atoms with Crippen molar-refractivity contribution < 1.29 is 28.0 Å². The van der Waals surface area contributed by atoms with Crippen molar-refractivity contribution in [2.24, 2.45) is 0 Å². The van der Waals surface area contributed by atoms with Gasteiger partial charge in [-0.15, -0.1) is 0 Å². The molecule has 0 aromatic heterocycles. The van der Waals surface area contributed by atoms with Crippen molar-refractivity contribution in [3.63, 3.8) is 0 Å². The highest BCUT2D eigenvalue weighted by atomic mass is 32.2. The number of carbonyl (C=O) groups is 1. The van der Waals surface area contributed by atoms with E-state index in [1.807, 2.05) is 0 Å². The Labute approximate surface area is 240 Å². The summed E-state index contributed by atoms with van der Waals surface area (Å²) in [5, 5.41) is 23.2. The fourth-order valence-electron chi connectivity index (χ4n) is 4.81. The standard InChI is InChI=1S/C31H61NO6S/c1-3-5-7-9-11-13-14-15-16-17-18-20-22-24-26-30(34)31(35)32-28(27-39(36,37)38)29(33)25-23-21-19-12-10-8-6-4-2/h13-14,28-30,33-34H,3-12,15-27H2,1-2H3,(H,32,35)(H,36,37,38)/b14-13-. The van der Waals surface area contributed by atoms with Crippen LogP contribution in [0.5, 0.6) is 0 Å². The summed E-state index contributed by atoms with van der Waals surface area (Å²) in [6, 6.07) is -1.14. The molecule has 0 rings (SSSR count). The van der Waals surface area contributed by atoms with Crippen molar-refractivity contribution in [2.75, 3.05) is 5.75 Å². The molecule has 0 aromatic carbocycles. The van der Waals surface area contributed by atoms with Crippen molar-refractivity contribution in [2.45, 2.75) is 173 Å². The summed E-state index contributed by atoms with van der Waals surface area (Å²) in [6.45, 7) is 4.41. The Morgan fingerprint density at radius 1 is 0.667 bits per heavy atom. The third-order valence-corrected chi connectivity index (χ3v) is 8.11. The highest BCUT2D eigenvalue weighted by Gasteiger charge is 2.28. The van der Waals surface area contributed by atoms with Gasteiger partial charge in [-0.2, -0.15) is 8.42 Å². The first-order valence-corrected chi connectivity index (χ1v) is 17.6. The van der Waals surface area contributed by atoms with Gasteiger partial charge in [0, 0.05) is 0 Å². The minimum Gasteiger partial charge on any atom is -0.391 e. The van der Waals surface area contributed by atoms with E-state index in [9.17, 15) is 28.0 Å². The van der Waals surface area contributed by atoms with Crippen LogP contribution in [0.4, 0.5) is 0 Å². The monoisotopic (exact) mass is 575 g/mol. The molecule has 0 aliphatic heterocycles. The fraction of sp³-hybridized carbons (Fsp3) is 0.903. The molecule has 0 aromatic rings. The molecule has 0 aliphatic rings. The van der Waals surface area contributed by atoms with E-state index in [-0.39, 0.29) is 0 Å². The molecule has 232 valence electrons. The number of allylic oxidation sites excluding steroid dienone is 2. The molecule has 0 saturated heterocycles. The van der Waals surface area contributed by atoms with Gasteiger partial charge in [-0.1, -0.05) is 129 Å². The molecule has 3 atom stereocenters. The Bertz CT molecular complexity index is 697. The quantitative estimate of drug-likeness (QED) is 0.0442. The molecule has 8 heteroatoms. The Morgan fingerprint density at radius 3 is 1.56 bits per heavy atom. The first-order valence-electron chi connectivity index (χ1n) is 16.0. The second kappa shape index (κ2) is 26.0. The second-order valence-electron chi connectivity index (χ2n) is 11.2. The van der Waals surface area contributed by atoms with E-state index >= 15 is 0 Å². The molecule has 3 unspecified atom stereocenters. The van der Waals surface area contributed by atoms with Gasteiger partial charge in [0.15, 0.2) is 0 Å². The molecular formula is C31H61NO6S. The van der Waals surface area contributed by atoms with Crippen molar-refractivity contribution in [3.8, 4) is 0 Å². The highest BCUT2D eigenvalue weighted by Crippen LogP contribution is 2.14. The number of rotatable bonds is 28. The van der Waals surface area contributed by atoms with Gasteiger partial charge in [0.25, 0.3) is 10.1 Å². The van der Waals surface area contributed by atoms with Crippen LogP contribution in [0.25, 0.3) is 0 Å². The molecular weight excluding hydrogens is 514 g/mol. The predicted octanol–water partition coefficient (Wildman–Crippen LogP) is 7.26. The van der Waals surface area contributed by atoms with Gasteiger partial charge in [-0.05, 0) is 38.5 Å². The van der Waals surface area contributed by atoms with E-state index in [0.717, 1.165) is 44.9 Å². The maximum Gasteiger partial charge on any atom is 0.266 e. The second-order valence-corrected chi connectivity index (χ2v) is 12.7. The molecule has 0 heterocycles. The van der Waals surface area contributed by atoms with Crippen LogP contribution in [0.15, 0.2) is 12.2 Å². The number of carbonyl (C=O) groups excluding carboxylic acids is 1. The molecule has 0 fully saturated rings. The number of aliphatic hydroxyl groups excluding tert-OH is 2. The average Bonchev–Trinajstić information content (AvgIpc) is 2.88. The van der Waals surface area contributed by atoms with Crippen LogP contribution in [-0.4, -0.2) is 53.1 Å². The lowest BCUT2D eigenvalue weighted by atomic mass is 10.0. The number of hydrogen-bond donors (Lipinski definition) is 4. The zero-order valence-corrected chi connectivity index (χ0v) is 25.9. The number of amides is 1. The van der Waals surface area contributed by atoms with E-state index in [1.54, 1.807) is 0 Å². The third-order valence-electron chi connectivity index (χ3n) is 7.33. The Hall–Kier alpha value is -0.960. The normalized spacial score (nSPS) is 14.5. The summed E-state index contributed by atoms with van der Waals surface area (Å²) in [6.07, 6.45) is 25.3. The molecule has 0 bridgehead atoms. The summed E-state index contributed by atoms with van der Waals surface area (Å²) in [7, 11) is -4.39. The lowest BCUT2D eigenvalue weighted by molar-refractivity contribution is -0.131. The molecule has 39 heavy (non-hydrogen) atoms. The molecule has 0 aliphatic carbocycles. The van der Waals surface area contributed by atoms with Crippen LogP contribution >= 0.6 is 0 Å². The SMILES string of the molecule is CCCCCC/C=C\CCCCCCCCC(O)C(=O)NC(CS(=O)(=O)O)C(O)CCCCCCCCCC. The van der Waals surface area contributed by atoms with Crippen molar-refractivity contribution in [1.29, 1.82) is 0 Å². The highest BCUT2D eigenvalue weighted by molar-refractivity contribution is 7.85. The molecule has 7 nitrogen and oxygen atoms in total. The van der Waals surface area contributed by atoms with E-state index < -0.39 is 40.0 Å². The molecule has 0 saturated carbocycles. The van der Waals surface area contributed by atoms with Crippen LogP contribution in [0.2, 0.25) is 0 Å². The lowest BCUT2D eigenvalue weighted by Gasteiger charge is -2.24. The van der Waals surface area contributed by atoms with Gasteiger partial charge in [0.2, 0.25) is 5.91 Å². The van der Waals surface area contributed by atoms with Crippen molar-refractivity contribution >= 4 is 16.0 Å². The predicted molar refractivity (Wildman–Crippen MR) is 162 cm³/mol. The van der Waals surface area contributed by atoms with Crippen LogP contribution in [0.3, 0.4) is 0 Å². The Kier molecular flexibility index (Phi) is 25.3. The van der Waals surface area contributed by atoms with Gasteiger partial charge >= 0.3 is 0 Å². The third kappa shape index (κ3) is 25.7. The summed E-state index contributed by atoms with van der Waals surface area (Å²) in [4.78, 5) is 12.5. The first kappa shape index (κ1) is 38.0. The molecule has 1 amide bonds. The van der Waals surface area contributed by atoms with E-state index in [1.165, 1.54) is 70.6 Å².